The van der Waals surface area contributed by atoms with Gasteiger partial charge in [-0.1, -0.05) is 12.1 Å². The summed E-state index contributed by atoms with van der Waals surface area (Å²) >= 11 is 0. The smallest absolute Gasteiger partial charge is 0.253 e. The van der Waals surface area contributed by atoms with Gasteiger partial charge in [0.05, 0.1) is 7.05 Å². The Bertz CT molecular complexity index is 801. The third kappa shape index (κ3) is 2.98. The third-order valence-corrected chi connectivity index (χ3v) is 4.68. The van der Waals surface area contributed by atoms with Gasteiger partial charge in [-0.15, -0.1) is 10.2 Å². The summed E-state index contributed by atoms with van der Waals surface area (Å²) in [6.07, 6.45) is 0. The number of fused-ring (bicyclic) bond motifs is 1. The van der Waals surface area contributed by atoms with E-state index in [9.17, 15) is 9.59 Å². The minimum atomic E-state index is -0.241. The van der Waals surface area contributed by atoms with Crippen LogP contribution in [0, 0.1) is 0 Å². The molecule has 0 saturated carbocycles. The molecular weight excluding hydrogens is 322 g/mol. The average Bonchev–Trinajstić information content (AvgIpc) is 3.08. The maximum absolute atomic E-state index is 12.8. The van der Waals surface area contributed by atoms with Crippen LogP contribution in [-0.2, 0) is 11.8 Å². The first kappa shape index (κ1) is 15.7. The normalized spacial score (nSPS) is 20.9. The first-order chi connectivity index (χ1) is 12.1. The van der Waals surface area contributed by atoms with E-state index in [-0.39, 0.29) is 17.9 Å². The predicted molar refractivity (Wildman–Crippen MR) is 88.5 cm³/mol. The van der Waals surface area contributed by atoms with Crippen LogP contribution < -0.4 is 5.32 Å². The lowest BCUT2D eigenvalue weighted by molar-refractivity contribution is -0.131. The van der Waals surface area contributed by atoms with Gasteiger partial charge in [0.15, 0.2) is 0 Å². The highest BCUT2D eigenvalue weighted by Crippen LogP contribution is 2.18. The van der Waals surface area contributed by atoms with Crippen LogP contribution in [0.5, 0.6) is 0 Å². The van der Waals surface area contributed by atoms with Crippen molar-refractivity contribution in [1.29, 1.82) is 0 Å². The van der Waals surface area contributed by atoms with Gasteiger partial charge in [0.25, 0.3) is 5.91 Å². The van der Waals surface area contributed by atoms with Crippen molar-refractivity contribution >= 4 is 11.8 Å². The Balaban J connectivity index is 1.48. The van der Waals surface area contributed by atoms with Crippen molar-refractivity contribution in [3.63, 3.8) is 0 Å². The largest absolute Gasteiger partial charge is 0.353 e. The first-order valence-electron chi connectivity index (χ1n) is 8.27. The number of hydrogen-bond donors (Lipinski definition) is 1. The quantitative estimate of drug-likeness (QED) is 0.763. The second-order valence-electron chi connectivity index (χ2n) is 6.27. The zero-order valence-electron chi connectivity index (χ0n) is 13.9. The highest BCUT2D eigenvalue weighted by Gasteiger charge is 2.36. The Labute approximate surface area is 144 Å². The van der Waals surface area contributed by atoms with Crippen molar-refractivity contribution in [1.82, 2.24) is 35.3 Å². The molecule has 1 atom stereocenters. The summed E-state index contributed by atoms with van der Waals surface area (Å²) in [6.45, 7) is 3.32. The Morgan fingerprint density at radius 2 is 2.00 bits per heavy atom. The second-order valence-corrected chi connectivity index (χ2v) is 6.27. The van der Waals surface area contributed by atoms with Gasteiger partial charge in [0, 0.05) is 43.9 Å². The Kier molecular flexibility index (Phi) is 3.92. The highest BCUT2D eigenvalue weighted by atomic mass is 16.2. The maximum Gasteiger partial charge on any atom is 0.253 e. The number of amides is 2. The molecule has 1 aromatic carbocycles. The van der Waals surface area contributed by atoms with Crippen LogP contribution in [0.4, 0.5) is 0 Å². The van der Waals surface area contributed by atoms with Crippen molar-refractivity contribution < 1.29 is 9.59 Å². The number of tetrazole rings is 1. The third-order valence-electron chi connectivity index (χ3n) is 4.68. The Morgan fingerprint density at radius 1 is 1.20 bits per heavy atom. The topological polar surface area (TPSA) is 96.3 Å². The molecule has 0 spiro atoms. The molecule has 2 fully saturated rings. The average molecular weight is 341 g/mol. The van der Waals surface area contributed by atoms with Gasteiger partial charge in [-0.05, 0) is 17.3 Å². The van der Waals surface area contributed by atoms with E-state index in [0.717, 1.165) is 18.7 Å². The number of benzene rings is 1. The monoisotopic (exact) mass is 341 g/mol. The number of rotatable bonds is 2. The molecule has 9 heteroatoms. The lowest BCUT2D eigenvalue weighted by Gasteiger charge is -2.43. The molecule has 1 N–H and O–H groups in total. The van der Waals surface area contributed by atoms with Crippen molar-refractivity contribution in [3.05, 3.63) is 29.8 Å². The van der Waals surface area contributed by atoms with Gasteiger partial charge in [0.1, 0.15) is 6.04 Å². The summed E-state index contributed by atoms with van der Waals surface area (Å²) in [4.78, 5) is 30.1. The van der Waals surface area contributed by atoms with E-state index in [4.69, 9.17) is 0 Å². The molecule has 2 aliphatic rings. The first-order valence-corrected chi connectivity index (χ1v) is 8.27. The number of aryl methyl sites for hydroxylation is 1. The van der Waals surface area contributed by atoms with Crippen molar-refractivity contribution in [2.24, 2.45) is 7.05 Å². The number of carbonyl (C=O) groups excluding carboxylic acids is 2. The van der Waals surface area contributed by atoms with Crippen molar-refractivity contribution in [3.8, 4) is 11.4 Å². The molecule has 2 aliphatic heterocycles. The Hall–Kier alpha value is -2.81. The lowest BCUT2D eigenvalue weighted by Crippen LogP contribution is -2.64. The highest BCUT2D eigenvalue weighted by molar-refractivity contribution is 5.95. The summed E-state index contributed by atoms with van der Waals surface area (Å²) in [5.41, 5.74) is 1.40. The van der Waals surface area contributed by atoms with Crippen LogP contribution in [0.15, 0.2) is 24.3 Å². The fourth-order valence-electron chi connectivity index (χ4n) is 3.31. The maximum atomic E-state index is 12.8. The fourth-order valence-corrected chi connectivity index (χ4v) is 3.31. The molecule has 2 saturated heterocycles. The summed E-state index contributed by atoms with van der Waals surface area (Å²) in [6, 6.07) is 6.92. The molecule has 25 heavy (non-hydrogen) atoms. The van der Waals surface area contributed by atoms with Crippen LogP contribution in [0.25, 0.3) is 11.4 Å². The van der Waals surface area contributed by atoms with E-state index >= 15 is 0 Å². The lowest BCUT2D eigenvalue weighted by atomic mass is 10.1. The zero-order valence-corrected chi connectivity index (χ0v) is 13.9. The van der Waals surface area contributed by atoms with E-state index in [1.807, 2.05) is 12.1 Å². The zero-order chi connectivity index (χ0) is 17.4. The van der Waals surface area contributed by atoms with E-state index in [1.165, 1.54) is 4.80 Å². The molecule has 0 aliphatic carbocycles. The number of aromatic nitrogens is 4. The SMILES string of the molecule is Cn1nnc(-c2ccc(C(=O)N3CCN4CCNC(=O)[C@H]4C3)cc2)n1. The number of carbonyl (C=O) groups is 2. The fraction of sp³-hybridized carbons (Fsp3) is 0.438. The minimum absolute atomic E-state index is 0.00724. The molecule has 130 valence electrons. The van der Waals surface area contributed by atoms with Gasteiger partial charge in [0.2, 0.25) is 11.7 Å². The van der Waals surface area contributed by atoms with Crippen LogP contribution in [-0.4, -0.2) is 80.6 Å². The van der Waals surface area contributed by atoms with Crippen molar-refractivity contribution in [2.75, 3.05) is 32.7 Å². The number of nitrogens with one attached hydrogen (secondary N) is 1. The molecule has 0 unspecified atom stereocenters. The van der Waals surface area contributed by atoms with E-state index in [1.54, 1.807) is 24.1 Å². The van der Waals surface area contributed by atoms with Gasteiger partial charge in [-0.2, -0.15) is 4.80 Å². The molecule has 9 nitrogen and oxygen atoms in total. The molecule has 3 heterocycles. The van der Waals surface area contributed by atoms with Gasteiger partial charge in [-0.3, -0.25) is 14.5 Å². The second kappa shape index (κ2) is 6.25. The molecule has 4 rings (SSSR count). The molecule has 1 aromatic heterocycles. The van der Waals surface area contributed by atoms with Gasteiger partial charge in [-0.25, -0.2) is 0 Å². The van der Waals surface area contributed by atoms with E-state index < -0.39 is 0 Å². The van der Waals surface area contributed by atoms with Gasteiger partial charge < -0.3 is 10.2 Å². The minimum Gasteiger partial charge on any atom is -0.353 e. The van der Waals surface area contributed by atoms with Crippen molar-refractivity contribution in [2.45, 2.75) is 6.04 Å². The summed E-state index contributed by atoms with van der Waals surface area (Å²) in [5, 5.41) is 14.8. The number of nitrogens with zero attached hydrogens (tertiary/aromatic N) is 6. The number of piperazine rings is 2. The molecule has 0 radical (unpaired) electrons. The predicted octanol–water partition coefficient (Wildman–Crippen LogP) is -0.867. The number of hydrogen-bond acceptors (Lipinski definition) is 6. The van der Waals surface area contributed by atoms with Gasteiger partial charge >= 0.3 is 0 Å². The van der Waals surface area contributed by atoms with E-state index in [0.29, 0.717) is 31.0 Å². The Morgan fingerprint density at radius 3 is 2.72 bits per heavy atom. The summed E-state index contributed by atoms with van der Waals surface area (Å²) < 4.78 is 0. The summed E-state index contributed by atoms with van der Waals surface area (Å²) in [7, 11) is 1.70. The van der Waals surface area contributed by atoms with Crippen LogP contribution in [0.1, 0.15) is 10.4 Å². The standard InChI is InChI=1S/C16H19N7O2/c1-21-19-14(18-20-21)11-2-4-12(5-3-11)16(25)23-9-8-22-7-6-17-15(24)13(22)10-23/h2-5,13H,6-10H2,1H3,(H,17,24)/t13-/m1/s1. The molecule has 2 amide bonds. The molecule has 2 aromatic rings. The molecular formula is C16H19N7O2. The van der Waals surface area contributed by atoms with Crippen LogP contribution in [0.3, 0.4) is 0 Å². The molecule has 0 bridgehead atoms. The van der Waals surface area contributed by atoms with E-state index in [2.05, 4.69) is 25.6 Å². The van der Waals surface area contributed by atoms with Crippen LogP contribution >= 0.6 is 0 Å². The van der Waals surface area contributed by atoms with Crippen LogP contribution in [0.2, 0.25) is 0 Å². The summed E-state index contributed by atoms with van der Waals surface area (Å²) in [5.74, 6) is 0.471.